The number of sulfone groups is 1. The van der Waals surface area contributed by atoms with Crippen LogP contribution in [0.25, 0.3) is 10.1 Å². The smallest absolute Gasteiger partial charge is 0.208 e. The molecular weight excluding hydrogens is 447 g/mol. The third-order valence-corrected chi connectivity index (χ3v) is 7.98. The first kappa shape index (κ1) is 20.7. The number of fused-ring (bicyclic) bond motifs is 1. The van der Waals surface area contributed by atoms with E-state index in [-0.39, 0.29) is 22.2 Å². The SMILES string of the molecule is Cl.O=S(=O)(c1ccccc1)c1csc2c(N3CCNCC3)c(Cl)cc(Cl)c12. The van der Waals surface area contributed by atoms with Gasteiger partial charge < -0.3 is 10.2 Å². The van der Waals surface area contributed by atoms with E-state index in [1.54, 1.807) is 41.8 Å². The van der Waals surface area contributed by atoms with Gasteiger partial charge in [-0.05, 0) is 18.2 Å². The second kappa shape index (κ2) is 8.15. The summed E-state index contributed by atoms with van der Waals surface area (Å²) in [5.74, 6) is 0. The summed E-state index contributed by atoms with van der Waals surface area (Å²) in [6.07, 6.45) is 0. The number of piperazine rings is 1. The Balaban J connectivity index is 0.00000210. The number of nitrogens with one attached hydrogen (secondary N) is 1. The molecule has 0 amide bonds. The van der Waals surface area contributed by atoms with Gasteiger partial charge in [-0.2, -0.15) is 0 Å². The lowest BCUT2D eigenvalue weighted by molar-refractivity contribution is 0.590. The molecule has 144 valence electrons. The van der Waals surface area contributed by atoms with Crippen molar-refractivity contribution in [3.63, 3.8) is 0 Å². The Hall–Kier alpha value is -1.02. The van der Waals surface area contributed by atoms with E-state index in [0.29, 0.717) is 15.4 Å². The van der Waals surface area contributed by atoms with Crippen molar-refractivity contribution in [2.45, 2.75) is 9.79 Å². The first-order chi connectivity index (χ1) is 12.5. The van der Waals surface area contributed by atoms with E-state index in [0.717, 1.165) is 36.6 Å². The van der Waals surface area contributed by atoms with Crippen LogP contribution in [0.5, 0.6) is 0 Å². The molecule has 2 aromatic carbocycles. The van der Waals surface area contributed by atoms with Gasteiger partial charge in [-0.3, -0.25) is 0 Å². The predicted octanol–water partition coefficient (Wildman–Crippen LogP) is 4.87. The van der Waals surface area contributed by atoms with Crippen molar-refractivity contribution < 1.29 is 8.42 Å². The quantitative estimate of drug-likeness (QED) is 0.602. The molecule has 4 rings (SSSR count). The molecule has 9 heteroatoms. The van der Waals surface area contributed by atoms with Crippen LogP contribution in [0.4, 0.5) is 5.69 Å². The van der Waals surface area contributed by atoms with Gasteiger partial charge in [-0.15, -0.1) is 23.7 Å². The largest absolute Gasteiger partial charge is 0.367 e. The lowest BCUT2D eigenvalue weighted by Crippen LogP contribution is -2.43. The van der Waals surface area contributed by atoms with Crippen molar-refractivity contribution in [3.8, 4) is 0 Å². The Labute approximate surface area is 178 Å². The second-order valence-corrected chi connectivity index (χ2v) is 9.66. The van der Waals surface area contributed by atoms with E-state index in [9.17, 15) is 8.42 Å². The van der Waals surface area contributed by atoms with Crippen LogP contribution < -0.4 is 10.2 Å². The van der Waals surface area contributed by atoms with E-state index < -0.39 is 9.84 Å². The Kier molecular flexibility index (Phi) is 6.25. The number of rotatable bonds is 3. The van der Waals surface area contributed by atoms with Crippen LogP contribution in [0.2, 0.25) is 10.0 Å². The first-order valence-corrected chi connectivity index (χ1v) is 11.3. The van der Waals surface area contributed by atoms with Crippen LogP contribution in [0, 0.1) is 0 Å². The lowest BCUT2D eigenvalue weighted by Gasteiger charge is -2.30. The standard InChI is InChI=1S/C18H16Cl2N2O2S2.ClH/c19-13-10-14(20)17(22-8-6-21-7-9-22)18-16(13)15(11-25-18)26(23,24)12-4-2-1-3-5-12;/h1-5,10-11,21H,6-9H2;1H. The van der Waals surface area contributed by atoms with Crippen LogP contribution in [0.3, 0.4) is 0 Å². The van der Waals surface area contributed by atoms with E-state index in [4.69, 9.17) is 23.2 Å². The highest BCUT2D eigenvalue weighted by Gasteiger charge is 2.27. The molecule has 1 aromatic heterocycles. The maximum atomic E-state index is 13.1. The number of hydrogen-bond donors (Lipinski definition) is 1. The maximum absolute atomic E-state index is 13.1. The molecule has 1 aliphatic rings. The zero-order valence-electron chi connectivity index (χ0n) is 14.1. The summed E-state index contributed by atoms with van der Waals surface area (Å²) in [6, 6.07) is 10.1. The van der Waals surface area contributed by atoms with E-state index in [1.807, 2.05) is 0 Å². The topological polar surface area (TPSA) is 49.4 Å². The summed E-state index contributed by atoms with van der Waals surface area (Å²) >= 11 is 14.3. The zero-order valence-corrected chi connectivity index (χ0v) is 18.1. The van der Waals surface area contributed by atoms with Gasteiger partial charge in [0.15, 0.2) is 0 Å². The van der Waals surface area contributed by atoms with E-state index >= 15 is 0 Å². The van der Waals surface area contributed by atoms with Gasteiger partial charge in [0.05, 0.1) is 30.2 Å². The summed E-state index contributed by atoms with van der Waals surface area (Å²) in [6.45, 7) is 3.35. The van der Waals surface area contributed by atoms with Crippen molar-refractivity contribution in [2.75, 3.05) is 31.1 Å². The van der Waals surface area contributed by atoms with Gasteiger partial charge in [0.1, 0.15) is 0 Å². The summed E-state index contributed by atoms with van der Waals surface area (Å²) in [5.41, 5.74) is 0.868. The van der Waals surface area contributed by atoms with Crippen molar-refractivity contribution in [3.05, 3.63) is 51.8 Å². The molecule has 1 saturated heterocycles. The molecule has 4 nitrogen and oxygen atoms in total. The average molecular weight is 464 g/mol. The highest BCUT2D eigenvalue weighted by molar-refractivity contribution is 7.92. The fraction of sp³-hybridized carbons (Fsp3) is 0.222. The molecule has 0 atom stereocenters. The Morgan fingerprint density at radius 1 is 1.04 bits per heavy atom. The second-order valence-electron chi connectivity index (χ2n) is 6.05. The van der Waals surface area contributed by atoms with Crippen molar-refractivity contribution in [2.24, 2.45) is 0 Å². The molecule has 0 saturated carbocycles. The molecule has 0 spiro atoms. The first-order valence-electron chi connectivity index (χ1n) is 8.15. The minimum Gasteiger partial charge on any atom is -0.367 e. The van der Waals surface area contributed by atoms with Gasteiger partial charge in [0, 0.05) is 36.9 Å². The van der Waals surface area contributed by atoms with Gasteiger partial charge in [-0.25, -0.2) is 8.42 Å². The molecule has 0 bridgehead atoms. The van der Waals surface area contributed by atoms with Gasteiger partial charge in [0.2, 0.25) is 9.84 Å². The number of thiophene rings is 1. The lowest BCUT2D eigenvalue weighted by atomic mass is 10.2. The van der Waals surface area contributed by atoms with Crippen LogP contribution >= 0.6 is 46.9 Å². The number of nitrogens with zero attached hydrogens (tertiary/aromatic N) is 1. The predicted molar refractivity (Wildman–Crippen MR) is 116 cm³/mol. The molecule has 27 heavy (non-hydrogen) atoms. The number of anilines is 1. The molecule has 0 radical (unpaired) electrons. The Bertz CT molecular complexity index is 1060. The number of hydrogen-bond acceptors (Lipinski definition) is 5. The van der Waals surface area contributed by atoms with Crippen molar-refractivity contribution in [1.82, 2.24) is 5.32 Å². The molecule has 0 aliphatic carbocycles. The summed E-state index contributed by atoms with van der Waals surface area (Å²) < 4.78 is 27.1. The third-order valence-electron chi connectivity index (χ3n) is 4.47. The average Bonchev–Trinajstić information content (AvgIpc) is 3.09. The minimum atomic E-state index is -3.65. The Morgan fingerprint density at radius 2 is 1.70 bits per heavy atom. The summed E-state index contributed by atoms with van der Waals surface area (Å²) in [7, 11) is -3.65. The molecule has 0 unspecified atom stereocenters. The Morgan fingerprint density at radius 3 is 2.37 bits per heavy atom. The molecule has 1 aliphatic heterocycles. The fourth-order valence-electron chi connectivity index (χ4n) is 3.21. The summed E-state index contributed by atoms with van der Waals surface area (Å²) in [4.78, 5) is 2.68. The molecular formula is C18H17Cl3N2O2S2. The maximum Gasteiger partial charge on any atom is 0.208 e. The third kappa shape index (κ3) is 3.67. The molecule has 1 fully saturated rings. The highest BCUT2D eigenvalue weighted by Crippen LogP contribution is 2.46. The van der Waals surface area contributed by atoms with Crippen LogP contribution in [-0.2, 0) is 9.84 Å². The van der Waals surface area contributed by atoms with Crippen LogP contribution in [0.15, 0.2) is 51.6 Å². The number of benzene rings is 2. The highest BCUT2D eigenvalue weighted by atomic mass is 35.5. The van der Waals surface area contributed by atoms with Crippen molar-refractivity contribution >= 4 is 72.6 Å². The van der Waals surface area contributed by atoms with E-state index in [2.05, 4.69) is 10.2 Å². The molecule has 1 N–H and O–H groups in total. The monoisotopic (exact) mass is 462 g/mol. The van der Waals surface area contributed by atoms with Gasteiger partial charge in [0.25, 0.3) is 0 Å². The molecule has 3 aromatic rings. The van der Waals surface area contributed by atoms with E-state index in [1.165, 1.54) is 11.3 Å². The fourth-order valence-corrected chi connectivity index (χ4v) is 7.06. The zero-order chi connectivity index (χ0) is 18.3. The van der Waals surface area contributed by atoms with Crippen molar-refractivity contribution in [1.29, 1.82) is 0 Å². The van der Waals surface area contributed by atoms with Gasteiger partial charge in [-0.1, -0.05) is 41.4 Å². The molecule has 2 heterocycles. The summed E-state index contributed by atoms with van der Waals surface area (Å²) in [5, 5.41) is 6.44. The number of halogens is 3. The minimum absolute atomic E-state index is 0. The van der Waals surface area contributed by atoms with Crippen LogP contribution in [-0.4, -0.2) is 34.6 Å². The van der Waals surface area contributed by atoms with Crippen LogP contribution in [0.1, 0.15) is 0 Å². The van der Waals surface area contributed by atoms with Gasteiger partial charge >= 0.3 is 0 Å². The normalized spacial score (nSPS) is 15.0.